The molecular weight excluding hydrogens is 340 g/mol. The standard InChI is InChI=1S/C17H20N4O3S/c18-7-8-20-17(22)14-9-13(10-19-11-14)12-1-3-15(4-2-12)21-25(23,24)16-5-6-16/h1-4,9-11,16,21H,5-8,18H2,(H,20,22). The molecule has 0 bridgehead atoms. The number of nitrogens with two attached hydrogens (primary N) is 1. The Kier molecular flexibility index (Phi) is 5.00. The van der Waals surface area contributed by atoms with Gasteiger partial charge in [-0.05, 0) is 36.6 Å². The van der Waals surface area contributed by atoms with Crippen LogP contribution in [0, 0.1) is 0 Å². The lowest BCUT2D eigenvalue weighted by Gasteiger charge is -2.09. The van der Waals surface area contributed by atoms with Crippen LogP contribution in [0.1, 0.15) is 23.2 Å². The maximum absolute atomic E-state index is 12.0. The summed E-state index contributed by atoms with van der Waals surface area (Å²) in [6.45, 7) is 0.774. The van der Waals surface area contributed by atoms with Crippen LogP contribution >= 0.6 is 0 Å². The van der Waals surface area contributed by atoms with Crippen LogP contribution in [0.15, 0.2) is 42.7 Å². The van der Waals surface area contributed by atoms with Crippen molar-refractivity contribution in [2.45, 2.75) is 18.1 Å². The van der Waals surface area contributed by atoms with Crippen LogP contribution in [0.5, 0.6) is 0 Å². The number of carbonyl (C=O) groups is 1. The van der Waals surface area contributed by atoms with Crippen LogP contribution in [-0.2, 0) is 10.0 Å². The number of anilines is 1. The van der Waals surface area contributed by atoms with Crippen LogP contribution in [0.4, 0.5) is 5.69 Å². The summed E-state index contributed by atoms with van der Waals surface area (Å²) in [7, 11) is -3.27. The van der Waals surface area contributed by atoms with Gasteiger partial charge in [-0.3, -0.25) is 14.5 Å². The summed E-state index contributed by atoms with van der Waals surface area (Å²) in [4.78, 5) is 16.1. The number of sulfonamides is 1. The lowest BCUT2D eigenvalue weighted by molar-refractivity contribution is 0.0954. The van der Waals surface area contributed by atoms with E-state index in [9.17, 15) is 13.2 Å². The number of nitrogens with one attached hydrogen (secondary N) is 2. The molecule has 1 aliphatic rings. The maximum Gasteiger partial charge on any atom is 0.252 e. The number of hydrogen-bond donors (Lipinski definition) is 3. The van der Waals surface area contributed by atoms with Crippen molar-refractivity contribution in [3.63, 3.8) is 0 Å². The Morgan fingerprint density at radius 1 is 1.16 bits per heavy atom. The van der Waals surface area contributed by atoms with Crippen molar-refractivity contribution in [1.29, 1.82) is 0 Å². The summed E-state index contributed by atoms with van der Waals surface area (Å²) < 4.78 is 26.5. The van der Waals surface area contributed by atoms with Gasteiger partial charge >= 0.3 is 0 Å². The van der Waals surface area contributed by atoms with Crippen LogP contribution in [0.2, 0.25) is 0 Å². The Morgan fingerprint density at radius 3 is 2.52 bits per heavy atom. The summed E-state index contributed by atoms with van der Waals surface area (Å²) >= 11 is 0. The molecule has 1 heterocycles. The molecule has 0 unspecified atom stereocenters. The van der Waals surface area contributed by atoms with Gasteiger partial charge in [0.05, 0.1) is 10.8 Å². The number of pyridine rings is 1. The molecule has 132 valence electrons. The van der Waals surface area contributed by atoms with E-state index < -0.39 is 10.0 Å². The molecule has 0 aliphatic heterocycles. The molecule has 2 aromatic rings. The van der Waals surface area contributed by atoms with Gasteiger partial charge < -0.3 is 11.1 Å². The molecular formula is C17H20N4O3S. The topological polar surface area (TPSA) is 114 Å². The van der Waals surface area contributed by atoms with Crippen LogP contribution < -0.4 is 15.8 Å². The zero-order valence-electron chi connectivity index (χ0n) is 13.6. The number of carbonyl (C=O) groups excluding carboxylic acids is 1. The molecule has 1 aromatic heterocycles. The normalized spacial score (nSPS) is 14.1. The van der Waals surface area contributed by atoms with Gasteiger partial charge in [-0.25, -0.2) is 8.42 Å². The molecule has 1 fully saturated rings. The average molecular weight is 360 g/mol. The Bertz CT molecular complexity index is 862. The Morgan fingerprint density at radius 2 is 1.88 bits per heavy atom. The van der Waals surface area contributed by atoms with Crippen LogP contribution in [-0.4, -0.2) is 37.6 Å². The smallest absolute Gasteiger partial charge is 0.252 e. The average Bonchev–Trinajstić information content (AvgIpc) is 3.46. The van der Waals surface area contributed by atoms with Crippen molar-refractivity contribution in [2.24, 2.45) is 5.73 Å². The minimum atomic E-state index is -3.27. The van der Waals surface area contributed by atoms with E-state index in [2.05, 4.69) is 15.0 Å². The van der Waals surface area contributed by atoms with Crippen molar-refractivity contribution in [3.8, 4) is 11.1 Å². The fraction of sp³-hybridized carbons (Fsp3) is 0.294. The van der Waals surface area contributed by atoms with Gasteiger partial charge in [0.15, 0.2) is 0 Å². The van der Waals surface area contributed by atoms with Gasteiger partial charge in [-0.15, -0.1) is 0 Å². The van der Waals surface area contributed by atoms with E-state index in [1.807, 2.05) is 0 Å². The van der Waals surface area contributed by atoms with Crippen molar-refractivity contribution in [3.05, 3.63) is 48.3 Å². The first-order chi connectivity index (χ1) is 12.0. The van der Waals surface area contributed by atoms with Crippen molar-refractivity contribution in [2.75, 3.05) is 17.8 Å². The molecule has 1 saturated carbocycles. The Hall–Kier alpha value is -2.45. The summed E-state index contributed by atoms with van der Waals surface area (Å²) in [5, 5.41) is 2.43. The molecule has 8 heteroatoms. The van der Waals surface area contributed by atoms with Crippen molar-refractivity contribution in [1.82, 2.24) is 10.3 Å². The van der Waals surface area contributed by atoms with E-state index in [-0.39, 0.29) is 11.2 Å². The summed E-state index contributed by atoms with van der Waals surface area (Å²) in [5.74, 6) is -0.228. The van der Waals surface area contributed by atoms with E-state index in [0.717, 1.165) is 24.0 Å². The molecule has 0 spiro atoms. The first kappa shape index (κ1) is 17.4. The molecule has 0 saturated heterocycles. The molecule has 1 aromatic carbocycles. The highest BCUT2D eigenvalue weighted by Gasteiger charge is 2.35. The zero-order chi connectivity index (χ0) is 17.9. The number of hydrogen-bond acceptors (Lipinski definition) is 5. The van der Waals surface area contributed by atoms with Gasteiger partial charge in [0.2, 0.25) is 10.0 Å². The Balaban J connectivity index is 1.74. The van der Waals surface area contributed by atoms with Gasteiger partial charge in [-0.1, -0.05) is 12.1 Å². The monoisotopic (exact) mass is 360 g/mol. The Labute approximate surface area is 146 Å². The maximum atomic E-state index is 12.0. The summed E-state index contributed by atoms with van der Waals surface area (Å²) in [5.41, 5.74) is 7.97. The summed E-state index contributed by atoms with van der Waals surface area (Å²) in [6.07, 6.45) is 4.59. The molecule has 3 rings (SSSR count). The molecule has 7 nitrogen and oxygen atoms in total. The second-order valence-electron chi connectivity index (χ2n) is 5.93. The number of aromatic nitrogens is 1. The minimum absolute atomic E-state index is 0.228. The van der Waals surface area contributed by atoms with E-state index >= 15 is 0 Å². The third kappa shape index (κ3) is 4.34. The number of benzene rings is 1. The second-order valence-corrected chi connectivity index (χ2v) is 7.89. The predicted octanol–water partition coefficient (Wildman–Crippen LogP) is 1.34. The largest absolute Gasteiger partial charge is 0.351 e. The van der Waals surface area contributed by atoms with E-state index in [1.165, 1.54) is 6.20 Å². The predicted molar refractivity (Wildman–Crippen MR) is 96.6 cm³/mol. The molecule has 25 heavy (non-hydrogen) atoms. The van der Waals surface area contributed by atoms with E-state index in [0.29, 0.717) is 24.3 Å². The molecule has 1 aliphatic carbocycles. The first-order valence-corrected chi connectivity index (χ1v) is 9.59. The lowest BCUT2D eigenvalue weighted by atomic mass is 10.1. The molecule has 0 atom stereocenters. The highest BCUT2D eigenvalue weighted by molar-refractivity contribution is 7.93. The van der Waals surface area contributed by atoms with Gasteiger partial charge in [0.1, 0.15) is 0 Å². The third-order valence-electron chi connectivity index (χ3n) is 3.87. The van der Waals surface area contributed by atoms with Gasteiger partial charge in [0, 0.05) is 36.7 Å². The molecule has 4 N–H and O–H groups in total. The van der Waals surface area contributed by atoms with E-state index in [4.69, 9.17) is 5.73 Å². The van der Waals surface area contributed by atoms with Crippen molar-refractivity contribution >= 4 is 21.6 Å². The molecule has 1 amide bonds. The van der Waals surface area contributed by atoms with Gasteiger partial charge in [-0.2, -0.15) is 0 Å². The number of amides is 1. The third-order valence-corrected chi connectivity index (χ3v) is 5.74. The van der Waals surface area contributed by atoms with E-state index in [1.54, 1.807) is 36.5 Å². The highest BCUT2D eigenvalue weighted by atomic mass is 32.2. The van der Waals surface area contributed by atoms with Crippen LogP contribution in [0.25, 0.3) is 11.1 Å². The minimum Gasteiger partial charge on any atom is -0.351 e. The second kappa shape index (κ2) is 7.20. The quantitative estimate of drug-likeness (QED) is 0.689. The lowest BCUT2D eigenvalue weighted by Crippen LogP contribution is -2.29. The summed E-state index contributed by atoms with van der Waals surface area (Å²) in [6, 6.07) is 8.74. The number of nitrogens with zero attached hydrogens (tertiary/aromatic N) is 1. The van der Waals surface area contributed by atoms with Crippen LogP contribution in [0.3, 0.4) is 0 Å². The highest BCUT2D eigenvalue weighted by Crippen LogP contribution is 2.30. The zero-order valence-corrected chi connectivity index (χ0v) is 14.4. The van der Waals surface area contributed by atoms with Gasteiger partial charge in [0.25, 0.3) is 5.91 Å². The first-order valence-electron chi connectivity index (χ1n) is 8.05. The van der Waals surface area contributed by atoms with Crippen molar-refractivity contribution < 1.29 is 13.2 Å². The fourth-order valence-electron chi connectivity index (χ4n) is 2.37. The molecule has 0 radical (unpaired) electrons. The fourth-order valence-corrected chi connectivity index (χ4v) is 3.75. The number of rotatable bonds is 7. The SMILES string of the molecule is NCCNC(=O)c1cncc(-c2ccc(NS(=O)(=O)C3CC3)cc2)c1.